The SMILES string of the molecule is CCCCN(CC)C(=O)c1cccc(NCCC)n1. The summed E-state index contributed by atoms with van der Waals surface area (Å²) in [5, 5.41) is 3.21. The number of carbonyl (C=O) groups excluding carboxylic acids is 1. The second-order valence-corrected chi connectivity index (χ2v) is 4.57. The summed E-state index contributed by atoms with van der Waals surface area (Å²) in [5.74, 6) is 0.801. The van der Waals surface area contributed by atoms with Crippen molar-refractivity contribution in [3.05, 3.63) is 23.9 Å². The number of nitrogens with one attached hydrogen (secondary N) is 1. The Morgan fingerprint density at radius 3 is 2.68 bits per heavy atom. The number of nitrogens with zero attached hydrogens (tertiary/aromatic N) is 2. The van der Waals surface area contributed by atoms with E-state index in [-0.39, 0.29) is 5.91 Å². The molecule has 106 valence electrons. The van der Waals surface area contributed by atoms with Gasteiger partial charge >= 0.3 is 0 Å². The van der Waals surface area contributed by atoms with Crippen LogP contribution in [0.5, 0.6) is 0 Å². The first-order valence-corrected chi connectivity index (χ1v) is 7.23. The van der Waals surface area contributed by atoms with Gasteiger partial charge in [-0.3, -0.25) is 4.79 Å². The summed E-state index contributed by atoms with van der Waals surface area (Å²) in [6.07, 6.45) is 3.17. The molecule has 1 heterocycles. The number of carbonyl (C=O) groups is 1. The van der Waals surface area contributed by atoms with Crippen molar-refractivity contribution in [2.24, 2.45) is 0 Å². The Morgan fingerprint density at radius 1 is 1.26 bits per heavy atom. The summed E-state index contributed by atoms with van der Waals surface area (Å²) in [6.45, 7) is 8.65. The second-order valence-electron chi connectivity index (χ2n) is 4.57. The lowest BCUT2D eigenvalue weighted by atomic mass is 10.2. The first-order valence-electron chi connectivity index (χ1n) is 7.23. The van der Waals surface area contributed by atoms with Crippen molar-refractivity contribution < 1.29 is 4.79 Å². The zero-order valence-electron chi connectivity index (χ0n) is 12.3. The number of unbranched alkanes of at least 4 members (excludes halogenated alkanes) is 1. The van der Waals surface area contributed by atoms with Gasteiger partial charge in [0.2, 0.25) is 0 Å². The molecule has 0 fully saturated rings. The number of aromatic nitrogens is 1. The molecule has 0 saturated carbocycles. The van der Waals surface area contributed by atoms with Crippen LogP contribution in [0, 0.1) is 0 Å². The van der Waals surface area contributed by atoms with Crippen molar-refractivity contribution in [3.8, 4) is 0 Å². The quantitative estimate of drug-likeness (QED) is 0.783. The number of amides is 1. The van der Waals surface area contributed by atoms with Crippen LogP contribution in [0.25, 0.3) is 0 Å². The van der Waals surface area contributed by atoms with E-state index < -0.39 is 0 Å². The molecule has 0 radical (unpaired) electrons. The average Bonchev–Trinajstić information content (AvgIpc) is 2.46. The minimum Gasteiger partial charge on any atom is -0.370 e. The average molecular weight is 263 g/mol. The highest BCUT2D eigenvalue weighted by molar-refractivity contribution is 5.92. The lowest BCUT2D eigenvalue weighted by Gasteiger charge is -2.20. The fourth-order valence-corrected chi connectivity index (χ4v) is 1.82. The van der Waals surface area contributed by atoms with E-state index in [9.17, 15) is 4.79 Å². The van der Waals surface area contributed by atoms with Gasteiger partial charge in [0.15, 0.2) is 0 Å². The number of hydrogen-bond acceptors (Lipinski definition) is 3. The topological polar surface area (TPSA) is 45.2 Å². The van der Waals surface area contributed by atoms with Gasteiger partial charge in [-0.15, -0.1) is 0 Å². The van der Waals surface area contributed by atoms with Gasteiger partial charge in [0.1, 0.15) is 11.5 Å². The summed E-state index contributed by atoms with van der Waals surface area (Å²) in [6, 6.07) is 5.56. The molecule has 0 aliphatic heterocycles. The van der Waals surface area contributed by atoms with E-state index in [0.717, 1.165) is 44.7 Å². The highest BCUT2D eigenvalue weighted by atomic mass is 16.2. The number of hydrogen-bond donors (Lipinski definition) is 1. The van der Waals surface area contributed by atoms with Crippen LogP contribution in [0.1, 0.15) is 50.5 Å². The Morgan fingerprint density at radius 2 is 2.05 bits per heavy atom. The fraction of sp³-hybridized carbons (Fsp3) is 0.600. The summed E-state index contributed by atoms with van der Waals surface area (Å²) in [4.78, 5) is 18.6. The summed E-state index contributed by atoms with van der Waals surface area (Å²) in [5.41, 5.74) is 0.527. The Bertz CT molecular complexity index is 393. The zero-order chi connectivity index (χ0) is 14.1. The highest BCUT2D eigenvalue weighted by Crippen LogP contribution is 2.08. The third-order valence-electron chi connectivity index (χ3n) is 2.97. The Balaban J connectivity index is 2.74. The lowest BCUT2D eigenvalue weighted by Crippen LogP contribution is -2.32. The van der Waals surface area contributed by atoms with Gasteiger partial charge in [-0.05, 0) is 31.9 Å². The van der Waals surface area contributed by atoms with E-state index in [4.69, 9.17) is 0 Å². The second kappa shape index (κ2) is 8.51. The largest absolute Gasteiger partial charge is 0.370 e. The van der Waals surface area contributed by atoms with E-state index in [0.29, 0.717) is 5.69 Å². The molecule has 1 amide bonds. The van der Waals surface area contributed by atoms with E-state index in [1.165, 1.54) is 0 Å². The molecule has 19 heavy (non-hydrogen) atoms. The van der Waals surface area contributed by atoms with Crippen molar-refractivity contribution in [1.29, 1.82) is 0 Å². The first kappa shape index (κ1) is 15.5. The van der Waals surface area contributed by atoms with Crippen LogP contribution in [0.2, 0.25) is 0 Å². The van der Waals surface area contributed by atoms with Crippen LogP contribution in [-0.2, 0) is 0 Å². The van der Waals surface area contributed by atoms with Crippen LogP contribution in [0.15, 0.2) is 18.2 Å². The molecule has 4 heteroatoms. The maximum Gasteiger partial charge on any atom is 0.272 e. The minimum atomic E-state index is 0.0242. The monoisotopic (exact) mass is 263 g/mol. The molecule has 1 rings (SSSR count). The molecule has 1 N–H and O–H groups in total. The predicted molar refractivity (Wildman–Crippen MR) is 79.5 cm³/mol. The van der Waals surface area contributed by atoms with Gasteiger partial charge in [0.05, 0.1) is 0 Å². The molecular weight excluding hydrogens is 238 g/mol. The number of anilines is 1. The van der Waals surface area contributed by atoms with Crippen molar-refractivity contribution in [2.45, 2.75) is 40.0 Å². The summed E-state index contributed by atoms with van der Waals surface area (Å²) in [7, 11) is 0. The molecule has 0 bridgehead atoms. The van der Waals surface area contributed by atoms with Gasteiger partial charge in [-0.25, -0.2) is 4.98 Å². The van der Waals surface area contributed by atoms with Crippen molar-refractivity contribution in [2.75, 3.05) is 25.0 Å². The van der Waals surface area contributed by atoms with E-state index in [2.05, 4.69) is 24.1 Å². The molecule has 1 aromatic heterocycles. The maximum absolute atomic E-state index is 12.3. The molecule has 0 aliphatic rings. The van der Waals surface area contributed by atoms with Crippen molar-refractivity contribution in [3.63, 3.8) is 0 Å². The highest BCUT2D eigenvalue weighted by Gasteiger charge is 2.15. The third-order valence-corrected chi connectivity index (χ3v) is 2.97. The fourth-order valence-electron chi connectivity index (χ4n) is 1.82. The molecular formula is C15H25N3O. The number of rotatable bonds is 8. The molecule has 0 spiro atoms. The van der Waals surface area contributed by atoms with Gasteiger partial charge in [0.25, 0.3) is 5.91 Å². The number of pyridine rings is 1. The summed E-state index contributed by atoms with van der Waals surface area (Å²) >= 11 is 0. The minimum absolute atomic E-state index is 0.0242. The van der Waals surface area contributed by atoms with Gasteiger partial charge in [0, 0.05) is 19.6 Å². The van der Waals surface area contributed by atoms with Gasteiger partial charge in [-0.1, -0.05) is 26.3 Å². The standard InChI is InChI=1S/C15H25N3O/c1-4-7-12-18(6-3)15(19)13-9-8-10-14(17-13)16-11-5-2/h8-10H,4-7,11-12H2,1-3H3,(H,16,17). The Kier molecular flexibility index (Phi) is 6.93. The van der Waals surface area contributed by atoms with Crippen LogP contribution in [0.3, 0.4) is 0 Å². The molecule has 0 atom stereocenters. The van der Waals surface area contributed by atoms with Crippen molar-refractivity contribution >= 4 is 11.7 Å². The van der Waals surface area contributed by atoms with Crippen molar-refractivity contribution in [1.82, 2.24) is 9.88 Å². The third kappa shape index (κ3) is 4.89. The van der Waals surface area contributed by atoms with Crippen LogP contribution in [0.4, 0.5) is 5.82 Å². The van der Waals surface area contributed by atoms with E-state index in [1.807, 2.05) is 24.0 Å². The van der Waals surface area contributed by atoms with E-state index in [1.54, 1.807) is 6.07 Å². The van der Waals surface area contributed by atoms with Crippen LogP contribution < -0.4 is 5.32 Å². The Labute approximate surface area is 116 Å². The first-order chi connectivity index (χ1) is 9.22. The predicted octanol–water partition coefficient (Wildman–Crippen LogP) is 3.17. The normalized spacial score (nSPS) is 10.3. The van der Waals surface area contributed by atoms with Crippen LogP contribution in [-0.4, -0.2) is 35.4 Å². The molecule has 0 aliphatic carbocycles. The molecule has 0 saturated heterocycles. The molecule has 0 aromatic carbocycles. The molecule has 1 aromatic rings. The molecule has 4 nitrogen and oxygen atoms in total. The lowest BCUT2D eigenvalue weighted by molar-refractivity contribution is 0.0756. The van der Waals surface area contributed by atoms with Gasteiger partial charge in [-0.2, -0.15) is 0 Å². The zero-order valence-corrected chi connectivity index (χ0v) is 12.3. The Hall–Kier alpha value is -1.58. The summed E-state index contributed by atoms with van der Waals surface area (Å²) < 4.78 is 0. The smallest absolute Gasteiger partial charge is 0.272 e. The van der Waals surface area contributed by atoms with Gasteiger partial charge < -0.3 is 10.2 Å². The molecule has 0 unspecified atom stereocenters. The maximum atomic E-state index is 12.3. The van der Waals surface area contributed by atoms with Crippen LogP contribution >= 0.6 is 0 Å². The van der Waals surface area contributed by atoms with E-state index >= 15 is 0 Å².